The van der Waals surface area contributed by atoms with Crippen LogP contribution in [0.5, 0.6) is 5.75 Å². The third-order valence-electron chi connectivity index (χ3n) is 2.40. The number of hydrogen-bond donors (Lipinski definition) is 1. The molecule has 0 unspecified atom stereocenters. The molecular formula is C12H11BrFNO5. The Hall–Kier alpha value is -1.96. The number of nitrogens with zero attached hydrogens (tertiary/aromatic N) is 1. The summed E-state index contributed by atoms with van der Waals surface area (Å²) in [6, 6.07) is 1.77. The molecule has 1 aromatic rings. The highest BCUT2D eigenvalue weighted by molar-refractivity contribution is 9.10. The molecule has 0 saturated heterocycles. The molecule has 20 heavy (non-hydrogen) atoms. The SMILES string of the molecule is CCC(=CCOc1c(Br)cc(F)cc1[N+](=O)[O-])C(=O)O. The molecule has 1 N–H and O–H groups in total. The van der Waals surface area contributed by atoms with Gasteiger partial charge in [-0.2, -0.15) is 0 Å². The van der Waals surface area contributed by atoms with Crippen molar-refractivity contribution in [2.75, 3.05) is 6.61 Å². The number of benzene rings is 1. The molecule has 0 radical (unpaired) electrons. The molecule has 0 spiro atoms. The minimum atomic E-state index is -1.08. The van der Waals surface area contributed by atoms with Gasteiger partial charge < -0.3 is 9.84 Å². The van der Waals surface area contributed by atoms with E-state index in [1.165, 1.54) is 6.08 Å². The summed E-state index contributed by atoms with van der Waals surface area (Å²) < 4.78 is 18.4. The van der Waals surface area contributed by atoms with Gasteiger partial charge in [-0.3, -0.25) is 10.1 Å². The molecule has 0 heterocycles. The summed E-state index contributed by atoms with van der Waals surface area (Å²) in [5, 5.41) is 19.6. The van der Waals surface area contributed by atoms with Gasteiger partial charge in [0, 0.05) is 5.57 Å². The number of nitro groups is 1. The molecule has 0 aliphatic rings. The minimum absolute atomic E-state index is 0.0889. The van der Waals surface area contributed by atoms with E-state index in [9.17, 15) is 19.3 Å². The molecule has 0 saturated carbocycles. The van der Waals surface area contributed by atoms with Crippen LogP contribution >= 0.6 is 15.9 Å². The van der Waals surface area contributed by atoms with E-state index in [2.05, 4.69) is 15.9 Å². The first-order chi connectivity index (χ1) is 9.36. The van der Waals surface area contributed by atoms with Crippen molar-refractivity contribution < 1.29 is 24.0 Å². The van der Waals surface area contributed by atoms with E-state index in [0.29, 0.717) is 6.42 Å². The van der Waals surface area contributed by atoms with Gasteiger partial charge in [0.25, 0.3) is 0 Å². The molecule has 0 atom stereocenters. The lowest BCUT2D eigenvalue weighted by Crippen LogP contribution is -2.04. The summed E-state index contributed by atoms with van der Waals surface area (Å²) in [7, 11) is 0. The third-order valence-corrected chi connectivity index (χ3v) is 2.99. The van der Waals surface area contributed by atoms with Crippen LogP contribution in [0.25, 0.3) is 0 Å². The number of carbonyl (C=O) groups is 1. The van der Waals surface area contributed by atoms with Gasteiger partial charge >= 0.3 is 11.7 Å². The number of carboxylic acids is 1. The highest BCUT2D eigenvalue weighted by atomic mass is 79.9. The zero-order chi connectivity index (χ0) is 15.3. The summed E-state index contributed by atoms with van der Waals surface area (Å²) in [4.78, 5) is 20.8. The van der Waals surface area contributed by atoms with Gasteiger partial charge in [-0.1, -0.05) is 6.92 Å². The molecule has 1 rings (SSSR count). The summed E-state index contributed by atoms with van der Waals surface area (Å²) >= 11 is 2.97. The van der Waals surface area contributed by atoms with E-state index in [1.54, 1.807) is 6.92 Å². The fourth-order valence-corrected chi connectivity index (χ4v) is 1.97. The normalized spacial score (nSPS) is 11.2. The van der Waals surface area contributed by atoms with Gasteiger partial charge in [0.2, 0.25) is 5.75 Å². The zero-order valence-corrected chi connectivity index (χ0v) is 12.0. The van der Waals surface area contributed by atoms with Crippen molar-refractivity contribution >= 4 is 27.6 Å². The smallest absolute Gasteiger partial charge is 0.331 e. The number of aliphatic carboxylic acids is 1. The highest BCUT2D eigenvalue weighted by Gasteiger charge is 2.20. The maximum atomic E-state index is 13.1. The first-order valence-corrected chi connectivity index (χ1v) is 6.34. The van der Waals surface area contributed by atoms with Crippen LogP contribution in [0.3, 0.4) is 0 Å². The summed E-state index contributed by atoms with van der Waals surface area (Å²) in [5.41, 5.74) is -0.399. The molecule has 0 bridgehead atoms. The number of hydrogen-bond acceptors (Lipinski definition) is 4. The predicted octanol–water partition coefficient (Wildman–Crippen LogP) is 3.30. The molecule has 1 aromatic carbocycles. The summed E-state index contributed by atoms with van der Waals surface area (Å²) in [5.74, 6) is -2.00. The molecule has 108 valence electrons. The van der Waals surface area contributed by atoms with E-state index in [4.69, 9.17) is 9.84 Å². The van der Waals surface area contributed by atoms with Crippen LogP contribution in [-0.4, -0.2) is 22.6 Å². The second kappa shape index (κ2) is 6.99. The lowest BCUT2D eigenvalue weighted by Gasteiger charge is -2.07. The topological polar surface area (TPSA) is 89.7 Å². The molecule has 0 aliphatic heterocycles. The summed E-state index contributed by atoms with van der Waals surface area (Å²) in [6.45, 7) is 1.50. The number of nitro benzene ring substituents is 1. The monoisotopic (exact) mass is 347 g/mol. The van der Waals surface area contributed by atoms with Crippen molar-refractivity contribution in [1.29, 1.82) is 0 Å². The molecular weight excluding hydrogens is 337 g/mol. The van der Waals surface area contributed by atoms with Crippen LogP contribution in [0.15, 0.2) is 28.3 Å². The molecule has 0 fully saturated rings. The summed E-state index contributed by atoms with van der Waals surface area (Å²) in [6.07, 6.45) is 1.60. The average Bonchev–Trinajstić information content (AvgIpc) is 2.35. The largest absolute Gasteiger partial charge is 0.482 e. The van der Waals surface area contributed by atoms with Crippen LogP contribution in [0, 0.1) is 15.9 Å². The Morgan fingerprint density at radius 2 is 2.25 bits per heavy atom. The predicted molar refractivity (Wildman–Crippen MR) is 72.3 cm³/mol. The minimum Gasteiger partial charge on any atom is -0.482 e. The zero-order valence-electron chi connectivity index (χ0n) is 10.4. The third kappa shape index (κ3) is 4.02. The Morgan fingerprint density at radius 1 is 1.60 bits per heavy atom. The lowest BCUT2D eigenvalue weighted by atomic mass is 10.2. The van der Waals surface area contributed by atoms with Gasteiger partial charge in [-0.25, -0.2) is 9.18 Å². The molecule has 0 amide bonds. The van der Waals surface area contributed by atoms with Gasteiger partial charge in [-0.05, 0) is 34.5 Å². The highest BCUT2D eigenvalue weighted by Crippen LogP contribution is 2.35. The molecule has 6 nitrogen and oxygen atoms in total. The Kier molecular flexibility index (Phi) is 5.63. The van der Waals surface area contributed by atoms with Crippen molar-refractivity contribution in [3.05, 3.63) is 44.2 Å². The first kappa shape index (κ1) is 16.1. The Morgan fingerprint density at radius 3 is 2.75 bits per heavy atom. The number of halogens is 2. The fourth-order valence-electron chi connectivity index (χ4n) is 1.43. The number of rotatable bonds is 6. The van der Waals surface area contributed by atoms with E-state index >= 15 is 0 Å². The van der Waals surface area contributed by atoms with Crippen LogP contribution in [0.4, 0.5) is 10.1 Å². The average molecular weight is 348 g/mol. The second-order valence-electron chi connectivity index (χ2n) is 3.69. The van der Waals surface area contributed by atoms with E-state index in [1.807, 2.05) is 0 Å². The second-order valence-corrected chi connectivity index (χ2v) is 4.55. The van der Waals surface area contributed by atoms with Crippen LogP contribution in [0.1, 0.15) is 13.3 Å². The number of ether oxygens (including phenoxy) is 1. The van der Waals surface area contributed by atoms with Crippen LogP contribution < -0.4 is 4.74 Å². The lowest BCUT2D eigenvalue weighted by molar-refractivity contribution is -0.386. The van der Waals surface area contributed by atoms with Crippen molar-refractivity contribution in [3.63, 3.8) is 0 Å². The molecule has 8 heteroatoms. The maximum absolute atomic E-state index is 13.1. The Bertz CT molecular complexity index is 573. The van der Waals surface area contributed by atoms with Gasteiger partial charge in [0.1, 0.15) is 12.4 Å². The van der Waals surface area contributed by atoms with Crippen LogP contribution in [-0.2, 0) is 4.79 Å². The van der Waals surface area contributed by atoms with E-state index in [-0.39, 0.29) is 22.4 Å². The van der Waals surface area contributed by atoms with Gasteiger partial charge in [0.15, 0.2) is 0 Å². The van der Waals surface area contributed by atoms with Crippen molar-refractivity contribution in [3.8, 4) is 5.75 Å². The Labute approximate surface area is 122 Å². The van der Waals surface area contributed by atoms with Gasteiger partial charge in [-0.15, -0.1) is 0 Å². The van der Waals surface area contributed by atoms with Crippen LogP contribution in [0.2, 0.25) is 0 Å². The Balaban J connectivity index is 2.98. The van der Waals surface area contributed by atoms with Crippen molar-refractivity contribution in [2.24, 2.45) is 0 Å². The fraction of sp³-hybridized carbons (Fsp3) is 0.250. The van der Waals surface area contributed by atoms with Gasteiger partial charge in [0.05, 0.1) is 15.5 Å². The molecule has 0 aliphatic carbocycles. The van der Waals surface area contributed by atoms with Crippen molar-refractivity contribution in [2.45, 2.75) is 13.3 Å². The quantitative estimate of drug-likeness (QED) is 0.484. The van der Waals surface area contributed by atoms with E-state index in [0.717, 1.165) is 12.1 Å². The standard InChI is InChI=1S/C12H11BrFNO5/c1-2-7(12(16)17)3-4-20-11-9(13)5-8(14)6-10(11)15(18)19/h3,5-6H,2,4H2,1H3,(H,16,17). The number of carboxylic acid groups (broad SMARTS) is 1. The maximum Gasteiger partial charge on any atom is 0.331 e. The first-order valence-electron chi connectivity index (χ1n) is 5.55. The van der Waals surface area contributed by atoms with E-state index < -0.39 is 22.4 Å². The van der Waals surface area contributed by atoms with Crippen molar-refractivity contribution in [1.82, 2.24) is 0 Å². The molecule has 0 aromatic heterocycles.